The van der Waals surface area contributed by atoms with Gasteiger partial charge in [-0.15, -0.1) is 0 Å². The summed E-state index contributed by atoms with van der Waals surface area (Å²) in [5.74, 6) is 0.983. The molecule has 80 valence electrons. The number of allylic oxidation sites excluding steroid dienone is 2. The second kappa shape index (κ2) is 3.67. The zero-order chi connectivity index (χ0) is 11.0. The van der Waals surface area contributed by atoms with Gasteiger partial charge < -0.3 is 4.42 Å². The molecule has 0 unspecified atom stereocenters. The van der Waals surface area contributed by atoms with Gasteiger partial charge in [-0.05, 0) is 38.0 Å². The number of aryl methyl sites for hydroxylation is 1. The van der Waals surface area contributed by atoms with Crippen LogP contribution in [-0.4, -0.2) is 0 Å². The lowest BCUT2D eigenvalue weighted by molar-refractivity contribution is 0.603. The van der Waals surface area contributed by atoms with Gasteiger partial charge in [0.2, 0.25) is 0 Å². The first-order valence-electron chi connectivity index (χ1n) is 5.71. The zero-order valence-corrected chi connectivity index (χ0v) is 9.36. The molecule has 0 saturated heterocycles. The number of fused-ring (bicyclic) bond motifs is 3. The molecule has 1 nitrogen and oxygen atoms in total. The van der Waals surface area contributed by atoms with Gasteiger partial charge >= 0.3 is 0 Å². The van der Waals surface area contributed by atoms with Gasteiger partial charge in [-0.3, -0.25) is 0 Å². The maximum atomic E-state index is 5.84. The van der Waals surface area contributed by atoms with Gasteiger partial charge in [0, 0.05) is 10.9 Å². The number of hydrogen-bond acceptors (Lipinski definition) is 1. The summed E-state index contributed by atoms with van der Waals surface area (Å²) >= 11 is 0. The molecule has 1 aliphatic rings. The van der Waals surface area contributed by atoms with Gasteiger partial charge in [-0.25, -0.2) is 0 Å². The molecule has 0 saturated carbocycles. The van der Waals surface area contributed by atoms with Crippen LogP contribution in [0.15, 0.2) is 34.8 Å². The minimum Gasteiger partial charge on any atom is -0.456 e. The number of furan rings is 1. The molecular formula is C15H14O. The predicted molar refractivity (Wildman–Crippen MR) is 68.3 cm³/mol. The van der Waals surface area contributed by atoms with E-state index in [-0.39, 0.29) is 0 Å². The molecule has 0 spiro atoms. The highest BCUT2D eigenvalue weighted by atomic mass is 16.3. The van der Waals surface area contributed by atoms with E-state index < -0.39 is 0 Å². The molecule has 1 heterocycles. The van der Waals surface area contributed by atoms with Crippen molar-refractivity contribution in [3.63, 3.8) is 0 Å². The van der Waals surface area contributed by atoms with Crippen molar-refractivity contribution in [2.45, 2.75) is 19.8 Å². The van der Waals surface area contributed by atoms with Crippen LogP contribution in [-0.2, 0) is 0 Å². The van der Waals surface area contributed by atoms with Crippen LogP contribution in [0.4, 0.5) is 0 Å². The third kappa shape index (κ3) is 1.49. The van der Waals surface area contributed by atoms with Gasteiger partial charge in [0.25, 0.3) is 0 Å². The van der Waals surface area contributed by atoms with Crippen molar-refractivity contribution >= 4 is 23.1 Å². The van der Waals surface area contributed by atoms with Crippen molar-refractivity contribution in [2.75, 3.05) is 0 Å². The highest BCUT2D eigenvalue weighted by Crippen LogP contribution is 2.30. The molecular weight excluding hydrogens is 196 g/mol. The minimum atomic E-state index is 0.979. The Morgan fingerprint density at radius 2 is 1.88 bits per heavy atom. The van der Waals surface area contributed by atoms with Crippen molar-refractivity contribution in [2.24, 2.45) is 0 Å². The van der Waals surface area contributed by atoms with Gasteiger partial charge in [0.05, 0.1) is 0 Å². The Morgan fingerprint density at radius 3 is 2.75 bits per heavy atom. The maximum Gasteiger partial charge on any atom is 0.135 e. The van der Waals surface area contributed by atoms with Crippen LogP contribution in [0.2, 0.25) is 0 Å². The number of rotatable bonds is 0. The Labute approximate surface area is 95.1 Å². The summed E-state index contributed by atoms with van der Waals surface area (Å²) in [5.41, 5.74) is 3.47. The molecule has 0 aliphatic heterocycles. The minimum absolute atomic E-state index is 0.979. The molecule has 1 heteroatoms. The van der Waals surface area contributed by atoms with E-state index in [2.05, 4.69) is 49.4 Å². The largest absolute Gasteiger partial charge is 0.456 e. The molecule has 3 rings (SSSR count). The van der Waals surface area contributed by atoms with Gasteiger partial charge in [-0.1, -0.05) is 29.9 Å². The van der Waals surface area contributed by atoms with E-state index in [0.717, 1.165) is 24.2 Å². The van der Waals surface area contributed by atoms with E-state index in [0.29, 0.717) is 0 Å². The van der Waals surface area contributed by atoms with Crippen LogP contribution in [0.5, 0.6) is 0 Å². The standard InChI is InChI=1S/C15H14O/c1-11-8-9-15-13(10-11)12-6-4-2-3-5-7-14(12)16-15/h4-10H,2-3H2,1H3/b6-4-,7-5?. The third-order valence-electron chi connectivity index (χ3n) is 2.96. The average molecular weight is 210 g/mol. The normalized spacial score (nSPS) is 16.8. The lowest BCUT2D eigenvalue weighted by atomic mass is 10.1. The Bertz CT molecular complexity index is 585. The van der Waals surface area contributed by atoms with Crippen molar-refractivity contribution < 1.29 is 4.42 Å². The summed E-state index contributed by atoms with van der Waals surface area (Å²) in [6.07, 6.45) is 10.9. The predicted octanol–water partition coefficient (Wildman–Crippen LogP) is 4.56. The second-order valence-corrected chi connectivity index (χ2v) is 4.26. The van der Waals surface area contributed by atoms with E-state index in [1.165, 1.54) is 16.5 Å². The lowest BCUT2D eigenvalue weighted by Crippen LogP contribution is -1.78. The molecule has 0 N–H and O–H groups in total. The second-order valence-electron chi connectivity index (χ2n) is 4.26. The summed E-state index contributed by atoms with van der Waals surface area (Å²) in [6, 6.07) is 6.33. The molecule has 16 heavy (non-hydrogen) atoms. The fourth-order valence-electron chi connectivity index (χ4n) is 2.13. The molecule has 1 aliphatic carbocycles. The van der Waals surface area contributed by atoms with Crippen molar-refractivity contribution in [3.8, 4) is 0 Å². The quantitative estimate of drug-likeness (QED) is 0.621. The molecule has 0 amide bonds. The number of hydrogen-bond donors (Lipinski definition) is 0. The van der Waals surface area contributed by atoms with Crippen LogP contribution >= 0.6 is 0 Å². The Hall–Kier alpha value is -1.76. The van der Waals surface area contributed by atoms with E-state index in [9.17, 15) is 0 Å². The van der Waals surface area contributed by atoms with Crippen molar-refractivity contribution in [1.29, 1.82) is 0 Å². The van der Waals surface area contributed by atoms with Crippen LogP contribution in [0.1, 0.15) is 29.7 Å². The molecule has 0 fully saturated rings. The smallest absolute Gasteiger partial charge is 0.135 e. The highest BCUT2D eigenvalue weighted by Gasteiger charge is 2.10. The average Bonchev–Trinajstić information content (AvgIpc) is 2.55. The molecule has 2 aromatic rings. The summed E-state index contributed by atoms with van der Waals surface area (Å²) in [5, 5.41) is 1.22. The summed E-state index contributed by atoms with van der Waals surface area (Å²) in [7, 11) is 0. The van der Waals surface area contributed by atoms with Crippen LogP contribution in [0, 0.1) is 6.92 Å². The third-order valence-corrected chi connectivity index (χ3v) is 2.96. The Morgan fingerprint density at radius 1 is 1.06 bits per heavy atom. The van der Waals surface area contributed by atoms with Gasteiger partial charge in [0.1, 0.15) is 11.3 Å². The molecule has 1 aromatic carbocycles. The van der Waals surface area contributed by atoms with Crippen LogP contribution < -0.4 is 0 Å². The molecule has 1 aromatic heterocycles. The van der Waals surface area contributed by atoms with E-state index in [1.54, 1.807) is 0 Å². The van der Waals surface area contributed by atoms with E-state index in [4.69, 9.17) is 4.42 Å². The first-order chi connectivity index (χ1) is 7.84. The Kier molecular flexibility index (Phi) is 2.17. The SMILES string of the molecule is Cc1ccc2oc3c(c2c1)/C=C\CCC=C3. The molecule has 0 radical (unpaired) electrons. The summed E-state index contributed by atoms with van der Waals surface area (Å²) in [4.78, 5) is 0. The zero-order valence-electron chi connectivity index (χ0n) is 9.36. The van der Waals surface area contributed by atoms with Crippen molar-refractivity contribution in [3.05, 3.63) is 47.2 Å². The Balaban J connectivity index is 2.33. The summed E-state index contributed by atoms with van der Waals surface area (Å²) in [6.45, 7) is 2.11. The first-order valence-corrected chi connectivity index (χ1v) is 5.71. The van der Waals surface area contributed by atoms with Crippen LogP contribution in [0.25, 0.3) is 23.1 Å². The topological polar surface area (TPSA) is 13.1 Å². The fourth-order valence-corrected chi connectivity index (χ4v) is 2.13. The fraction of sp³-hybridized carbons (Fsp3) is 0.200. The first kappa shape index (κ1) is 9.46. The van der Waals surface area contributed by atoms with E-state index in [1.807, 2.05) is 0 Å². The maximum absolute atomic E-state index is 5.84. The lowest BCUT2D eigenvalue weighted by Gasteiger charge is -1.96. The molecule has 0 atom stereocenters. The summed E-state index contributed by atoms with van der Waals surface area (Å²) < 4.78 is 5.84. The van der Waals surface area contributed by atoms with E-state index >= 15 is 0 Å². The number of benzene rings is 1. The van der Waals surface area contributed by atoms with Crippen LogP contribution in [0.3, 0.4) is 0 Å². The molecule has 0 bridgehead atoms. The highest BCUT2D eigenvalue weighted by molar-refractivity contribution is 5.91. The van der Waals surface area contributed by atoms with Gasteiger partial charge in [-0.2, -0.15) is 0 Å². The van der Waals surface area contributed by atoms with Crippen molar-refractivity contribution in [1.82, 2.24) is 0 Å². The van der Waals surface area contributed by atoms with Gasteiger partial charge in [0.15, 0.2) is 0 Å². The monoisotopic (exact) mass is 210 g/mol.